The molecule has 0 fully saturated rings. The van der Waals surface area contributed by atoms with Crippen LogP contribution in [0, 0.1) is 0 Å². The Morgan fingerprint density at radius 2 is 2.40 bits per heavy atom. The quantitative estimate of drug-likeness (QED) is 0.797. The van der Waals surface area contributed by atoms with Gasteiger partial charge in [-0.15, -0.1) is 11.3 Å². The molecule has 0 saturated heterocycles. The fourth-order valence-corrected chi connectivity index (χ4v) is 2.50. The van der Waals surface area contributed by atoms with Crippen molar-refractivity contribution in [3.05, 3.63) is 27.7 Å². The minimum Gasteiger partial charge on any atom is -0.469 e. The first-order valence-electron chi connectivity index (χ1n) is 4.31. The maximum atomic E-state index is 11.1. The summed E-state index contributed by atoms with van der Waals surface area (Å²) in [5, 5.41) is 0.787. The number of fused-ring (bicyclic) bond motifs is 1. The third-order valence-electron chi connectivity index (χ3n) is 1.92. The molecule has 0 unspecified atom stereocenters. The van der Waals surface area contributed by atoms with Crippen LogP contribution in [-0.4, -0.2) is 18.1 Å². The number of thiazole rings is 1. The summed E-state index contributed by atoms with van der Waals surface area (Å²) in [7, 11) is 1.38. The minimum absolute atomic E-state index is 0.244. The molecule has 0 amide bonds. The summed E-state index contributed by atoms with van der Waals surface area (Å²) in [5.41, 5.74) is 0.910. The van der Waals surface area contributed by atoms with Gasteiger partial charge in [0.25, 0.3) is 0 Å². The van der Waals surface area contributed by atoms with Gasteiger partial charge in [-0.25, -0.2) is 4.98 Å². The number of carbonyl (C=O) groups is 1. The van der Waals surface area contributed by atoms with Crippen LogP contribution in [0.1, 0.15) is 5.01 Å². The van der Waals surface area contributed by atoms with Crippen LogP contribution in [0.2, 0.25) is 0 Å². The van der Waals surface area contributed by atoms with Crippen LogP contribution >= 0.6 is 27.3 Å². The summed E-state index contributed by atoms with van der Waals surface area (Å²) >= 11 is 4.90. The number of esters is 1. The lowest BCUT2D eigenvalue weighted by Crippen LogP contribution is -2.03. The molecule has 0 aliphatic heterocycles. The first kappa shape index (κ1) is 10.6. The monoisotopic (exact) mass is 285 g/mol. The molecule has 0 aliphatic carbocycles. The number of aromatic nitrogens is 1. The van der Waals surface area contributed by atoms with E-state index in [2.05, 4.69) is 25.7 Å². The first-order chi connectivity index (χ1) is 7.19. The molecule has 78 valence electrons. The van der Waals surface area contributed by atoms with E-state index in [1.807, 2.05) is 18.2 Å². The molecule has 0 N–H and O–H groups in total. The number of ether oxygens (including phenoxy) is 1. The van der Waals surface area contributed by atoms with E-state index in [0.29, 0.717) is 0 Å². The van der Waals surface area contributed by atoms with Crippen molar-refractivity contribution in [1.82, 2.24) is 4.98 Å². The Morgan fingerprint density at radius 3 is 3.13 bits per heavy atom. The van der Waals surface area contributed by atoms with Crippen molar-refractivity contribution in [2.75, 3.05) is 7.11 Å². The van der Waals surface area contributed by atoms with E-state index < -0.39 is 0 Å². The number of carbonyl (C=O) groups excluding carboxylic acids is 1. The standard InChI is InChI=1S/C10H8BrNO2S/c1-14-10(13)5-9-12-7-4-6(11)2-3-8(7)15-9/h2-4H,5H2,1H3. The van der Waals surface area contributed by atoms with Crippen molar-refractivity contribution in [3.8, 4) is 0 Å². The van der Waals surface area contributed by atoms with Crippen molar-refractivity contribution in [3.63, 3.8) is 0 Å². The summed E-state index contributed by atoms with van der Waals surface area (Å²) in [6.07, 6.45) is 0.244. The molecule has 2 rings (SSSR count). The summed E-state index contributed by atoms with van der Waals surface area (Å²) in [4.78, 5) is 15.4. The van der Waals surface area contributed by atoms with Gasteiger partial charge in [-0.2, -0.15) is 0 Å². The molecule has 15 heavy (non-hydrogen) atoms. The van der Waals surface area contributed by atoms with E-state index in [1.165, 1.54) is 18.4 Å². The molecule has 0 atom stereocenters. The lowest BCUT2D eigenvalue weighted by molar-refractivity contribution is -0.139. The highest BCUT2D eigenvalue weighted by Gasteiger charge is 2.08. The highest BCUT2D eigenvalue weighted by Crippen LogP contribution is 2.25. The van der Waals surface area contributed by atoms with Crippen molar-refractivity contribution in [1.29, 1.82) is 0 Å². The molecule has 3 nitrogen and oxygen atoms in total. The zero-order valence-electron chi connectivity index (χ0n) is 7.99. The summed E-state index contributed by atoms with van der Waals surface area (Å²) in [5.74, 6) is -0.256. The van der Waals surface area contributed by atoms with Gasteiger partial charge in [0.15, 0.2) is 0 Å². The van der Waals surface area contributed by atoms with E-state index in [1.54, 1.807) is 0 Å². The molecule has 0 radical (unpaired) electrons. The Bertz CT molecular complexity index is 509. The topological polar surface area (TPSA) is 39.2 Å². The van der Waals surface area contributed by atoms with Gasteiger partial charge in [0.05, 0.1) is 23.7 Å². The van der Waals surface area contributed by atoms with E-state index in [4.69, 9.17) is 0 Å². The third kappa shape index (κ3) is 2.35. The largest absolute Gasteiger partial charge is 0.469 e. The second kappa shape index (κ2) is 4.28. The predicted octanol–water partition coefficient (Wildman–Crippen LogP) is 2.77. The van der Waals surface area contributed by atoms with Crippen LogP contribution in [0.4, 0.5) is 0 Å². The van der Waals surface area contributed by atoms with Crippen molar-refractivity contribution in [2.45, 2.75) is 6.42 Å². The molecule has 0 aliphatic rings. The average Bonchev–Trinajstić information content (AvgIpc) is 2.59. The normalized spacial score (nSPS) is 10.5. The maximum Gasteiger partial charge on any atom is 0.312 e. The number of nitrogens with zero attached hydrogens (tertiary/aromatic N) is 1. The fraction of sp³-hybridized carbons (Fsp3) is 0.200. The van der Waals surface area contributed by atoms with Crippen molar-refractivity contribution < 1.29 is 9.53 Å². The number of hydrogen-bond acceptors (Lipinski definition) is 4. The molecule has 2 aromatic rings. The fourth-order valence-electron chi connectivity index (χ4n) is 1.22. The van der Waals surface area contributed by atoms with Gasteiger partial charge in [0.1, 0.15) is 5.01 Å². The minimum atomic E-state index is -0.256. The highest BCUT2D eigenvalue weighted by atomic mass is 79.9. The Morgan fingerprint density at radius 1 is 1.60 bits per heavy atom. The van der Waals surface area contributed by atoms with Gasteiger partial charge in [0, 0.05) is 4.47 Å². The molecular weight excluding hydrogens is 278 g/mol. The van der Waals surface area contributed by atoms with Crippen LogP contribution in [0.3, 0.4) is 0 Å². The van der Waals surface area contributed by atoms with E-state index in [9.17, 15) is 4.79 Å². The summed E-state index contributed by atoms with van der Waals surface area (Å²) < 4.78 is 6.66. The van der Waals surface area contributed by atoms with Crippen LogP contribution < -0.4 is 0 Å². The number of rotatable bonds is 2. The zero-order chi connectivity index (χ0) is 10.8. The van der Waals surface area contributed by atoms with Crippen LogP contribution in [0.15, 0.2) is 22.7 Å². The maximum absolute atomic E-state index is 11.1. The Kier molecular flexibility index (Phi) is 3.02. The molecule has 1 aromatic heterocycles. The van der Waals surface area contributed by atoms with Gasteiger partial charge >= 0.3 is 5.97 Å². The Balaban J connectivity index is 2.34. The smallest absolute Gasteiger partial charge is 0.312 e. The van der Waals surface area contributed by atoms with Crippen molar-refractivity contribution >= 4 is 43.5 Å². The van der Waals surface area contributed by atoms with E-state index in [-0.39, 0.29) is 12.4 Å². The Labute approximate surface area is 99.2 Å². The second-order valence-electron chi connectivity index (χ2n) is 2.97. The van der Waals surface area contributed by atoms with Gasteiger partial charge in [-0.1, -0.05) is 15.9 Å². The van der Waals surface area contributed by atoms with Crippen molar-refractivity contribution in [2.24, 2.45) is 0 Å². The van der Waals surface area contributed by atoms with Crippen LogP contribution in [0.5, 0.6) is 0 Å². The first-order valence-corrected chi connectivity index (χ1v) is 5.92. The van der Waals surface area contributed by atoms with E-state index in [0.717, 1.165) is 19.7 Å². The number of hydrogen-bond donors (Lipinski definition) is 0. The SMILES string of the molecule is COC(=O)Cc1nc2cc(Br)ccc2s1. The predicted molar refractivity (Wildman–Crippen MR) is 63.0 cm³/mol. The lowest BCUT2D eigenvalue weighted by Gasteiger charge is -1.92. The molecule has 0 spiro atoms. The second-order valence-corrected chi connectivity index (χ2v) is 5.00. The van der Waals surface area contributed by atoms with Gasteiger partial charge in [-0.05, 0) is 18.2 Å². The van der Waals surface area contributed by atoms with Gasteiger partial charge < -0.3 is 4.74 Å². The molecule has 0 saturated carbocycles. The van der Waals surface area contributed by atoms with Crippen LogP contribution in [-0.2, 0) is 16.0 Å². The molecule has 1 aromatic carbocycles. The third-order valence-corrected chi connectivity index (χ3v) is 3.45. The average molecular weight is 286 g/mol. The number of halogens is 1. The number of methoxy groups -OCH3 is 1. The van der Waals surface area contributed by atoms with Gasteiger partial charge in [0.2, 0.25) is 0 Å². The molecular formula is C10H8BrNO2S. The molecule has 0 bridgehead atoms. The molecule has 5 heteroatoms. The molecule has 1 heterocycles. The summed E-state index contributed by atoms with van der Waals surface area (Å²) in [6, 6.07) is 5.88. The Hall–Kier alpha value is -0.940. The van der Waals surface area contributed by atoms with E-state index >= 15 is 0 Å². The van der Waals surface area contributed by atoms with Gasteiger partial charge in [-0.3, -0.25) is 4.79 Å². The number of benzene rings is 1. The zero-order valence-corrected chi connectivity index (χ0v) is 10.4. The lowest BCUT2D eigenvalue weighted by atomic mass is 10.3. The highest BCUT2D eigenvalue weighted by molar-refractivity contribution is 9.10. The summed E-state index contributed by atoms with van der Waals surface area (Å²) in [6.45, 7) is 0. The van der Waals surface area contributed by atoms with Crippen LogP contribution in [0.25, 0.3) is 10.2 Å².